The Balaban J connectivity index is 3.65. The third kappa shape index (κ3) is 3.52. The molecule has 1 nitrogen and oxygen atoms in total. The van der Waals surface area contributed by atoms with Gasteiger partial charge in [-0.25, -0.2) is 0 Å². The highest BCUT2D eigenvalue weighted by Crippen LogP contribution is 2.20. The molecule has 0 saturated heterocycles. The van der Waals surface area contributed by atoms with Crippen molar-refractivity contribution in [2.45, 2.75) is 24.3 Å². The van der Waals surface area contributed by atoms with Gasteiger partial charge in [0.15, 0.2) is 5.78 Å². The molecule has 0 unspecified atom stereocenters. The number of rotatable bonds is 5. The maximum Gasteiger partial charge on any atom is 0.155 e. The van der Waals surface area contributed by atoms with Gasteiger partial charge in [-0.15, -0.1) is 23.5 Å². The lowest BCUT2D eigenvalue weighted by Gasteiger charge is -2.07. The van der Waals surface area contributed by atoms with E-state index in [0.29, 0.717) is 5.78 Å². The summed E-state index contributed by atoms with van der Waals surface area (Å²) in [5.41, 5.74) is 0. The fourth-order valence-corrected chi connectivity index (χ4v) is 2.25. The normalized spacial score (nSPS) is 10.4. The van der Waals surface area contributed by atoms with E-state index < -0.39 is 0 Å². The molecule has 0 atom stereocenters. The molecule has 0 rings (SSSR count). The molecule has 0 aromatic carbocycles. The van der Waals surface area contributed by atoms with Crippen LogP contribution < -0.4 is 0 Å². The summed E-state index contributed by atoms with van der Waals surface area (Å²) >= 11 is 3.26. The van der Waals surface area contributed by atoms with Gasteiger partial charge in [0.1, 0.15) is 4.58 Å². The third-order valence-corrected chi connectivity index (χ3v) is 3.72. The van der Waals surface area contributed by atoms with Crippen molar-refractivity contribution in [3.63, 3.8) is 0 Å². The molecule has 0 radical (unpaired) electrons. The van der Waals surface area contributed by atoms with Gasteiger partial charge in [0.2, 0.25) is 0 Å². The minimum Gasteiger partial charge on any atom is -0.298 e. The van der Waals surface area contributed by atoms with E-state index in [-0.39, 0.29) is 4.58 Å². The van der Waals surface area contributed by atoms with Crippen LogP contribution in [0.5, 0.6) is 0 Å². The van der Waals surface area contributed by atoms with E-state index in [4.69, 9.17) is 0 Å². The van der Waals surface area contributed by atoms with Gasteiger partial charge in [-0.2, -0.15) is 0 Å². The predicted molar refractivity (Wildman–Crippen MR) is 50.7 cm³/mol. The van der Waals surface area contributed by atoms with Crippen LogP contribution in [0.15, 0.2) is 0 Å². The van der Waals surface area contributed by atoms with Crippen molar-refractivity contribution < 1.29 is 4.79 Å². The molecular weight excluding hydrogens is 164 g/mol. The standard InChI is InChI=1S/C7H14OS2/c1-4-5-6(8)7(9-2)10-3/h7H,4-5H2,1-3H3. The number of Topliss-reactive ketones (excluding diaryl/α,β-unsaturated/α-hetero) is 1. The summed E-state index contributed by atoms with van der Waals surface area (Å²) in [5, 5.41) is 0. The second-order valence-corrected chi connectivity index (χ2v) is 4.20. The summed E-state index contributed by atoms with van der Waals surface area (Å²) in [6.45, 7) is 2.04. The smallest absolute Gasteiger partial charge is 0.155 e. The van der Waals surface area contributed by atoms with Gasteiger partial charge in [-0.1, -0.05) is 6.92 Å². The monoisotopic (exact) mass is 178 g/mol. The van der Waals surface area contributed by atoms with Crippen LogP contribution in [-0.4, -0.2) is 22.9 Å². The molecule has 0 spiro atoms. The van der Waals surface area contributed by atoms with E-state index in [0.717, 1.165) is 12.8 Å². The van der Waals surface area contributed by atoms with Crippen LogP contribution in [0.4, 0.5) is 0 Å². The molecule has 0 aromatic heterocycles. The van der Waals surface area contributed by atoms with Crippen molar-refractivity contribution in [3.05, 3.63) is 0 Å². The first-order valence-electron chi connectivity index (χ1n) is 3.34. The molecule has 0 aliphatic rings. The zero-order valence-corrected chi connectivity index (χ0v) is 8.35. The molecule has 0 fully saturated rings. The maximum absolute atomic E-state index is 11.2. The van der Waals surface area contributed by atoms with E-state index in [1.165, 1.54) is 0 Å². The number of carbonyl (C=O) groups excluding carboxylic acids is 1. The summed E-state index contributed by atoms with van der Waals surface area (Å²) < 4.78 is 0.167. The molecule has 0 saturated carbocycles. The Morgan fingerprint density at radius 2 is 1.90 bits per heavy atom. The largest absolute Gasteiger partial charge is 0.298 e. The van der Waals surface area contributed by atoms with Gasteiger partial charge >= 0.3 is 0 Å². The first-order chi connectivity index (χ1) is 4.76. The predicted octanol–water partition coefficient (Wildman–Crippen LogP) is 2.41. The van der Waals surface area contributed by atoms with E-state index in [1.54, 1.807) is 23.5 Å². The topological polar surface area (TPSA) is 17.1 Å². The number of hydrogen-bond acceptors (Lipinski definition) is 3. The maximum atomic E-state index is 11.2. The molecule has 0 N–H and O–H groups in total. The molecule has 0 aliphatic carbocycles. The molecule has 0 aromatic rings. The van der Waals surface area contributed by atoms with Gasteiger partial charge in [0.05, 0.1) is 0 Å². The minimum absolute atomic E-state index is 0.167. The summed E-state index contributed by atoms with van der Waals surface area (Å²) in [7, 11) is 0. The van der Waals surface area contributed by atoms with Gasteiger partial charge in [-0.05, 0) is 18.9 Å². The van der Waals surface area contributed by atoms with Gasteiger partial charge in [0.25, 0.3) is 0 Å². The lowest BCUT2D eigenvalue weighted by molar-refractivity contribution is -0.117. The van der Waals surface area contributed by atoms with Crippen molar-refractivity contribution in [3.8, 4) is 0 Å². The van der Waals surface area contributed by atoms with Crippen LogP contribution in [0, 0.1) is 0 Å². The molecule has 10 heavy (non-hydrogen) atoms. The summed E-state index contributed by atoms with van der Waals surface area (Å²) in [5.74, 6) is 0.377. The van der Waals surface area contributed by atoms with Crippen LogP contribution >= 0.6 is 23.5 Å². The van der Waals surface area contributed by atoms with Crippen molar-refractivity contribution in [1.82, 2.24) is 0 Å². The summed E-state index contributed by atoms with van der Waals surface area (Å²) in [4.78, 5) is 11.2. The Hall–Kier alpha value is 0.370. The van der Waals surface area contributed by atoms with E-state index >= 15 is 0 Å². The average Bonchev–Trinajstić information content (AvgIpc) is 1.91. The molecule has 60 valence electrons. The Morgan fingerprint density at radius 1 is 1.40 bits per heavy atom. The number of hydrogen-bond donors (Lipinski definition) is 0. The second kappa shape index (κ2) is 6.10. The highest BCUT2D eigenvalue weighted by Gasteiger charge is 2.13. The Kier molecular flexibility index (Phi) is 6.33. The van der Waals surface area contributed by atoms with Crippen LogP contribution in [0.2, 0.25) is 0 Å². The molecule has 3 heteroatoms. The molecule has 0 amide bonds. The Labute approximate surface area is 71.3 Å². The quantitative estimate of drug-likeness (QED) is 0.602. The first kappa shape index (κ1) is 10.4. The Morgan fingerprint density at radius 3 is 2.20 bits per heavy atom. The Bertz CT molecular complexity index is 99.8. The first-order valence-corrected chi connectivity index (χ1v) is 5.92. The molecule has 0 bridgehead atoms. The molecular formula is C7H14OS2. The molecule has 0 heterocycles. The van der Waals surface area contributed by atoms with Gasteiger partial charge in [-0.3, -0.25) is 4.79 Å². The minimum atomic E-state index is 0.167. The van der Waals surface area contributed by atoms with Gasteiger partial charge < -0.3 is 0 Å². The molecule has 0 aliphatic heterocycles. The van der Waals surface area contributed by atoms with Crippen molar-refractivity contribution >= 4 is 29.3 Å². The van der Waals surface area contributed by atoms with Crippen LogP contribution in [0.25, 0.3) is 0 Å². The highest BCUT2D eigenvalue weighted by atomic mass is 32.2. The summed E-state index contributed by atoms with van der Waals surface area (Å²) in [6, 6.07) is 0. The van der Waals surface area contributed by atoms with E-state index in [2.05, 4.69) is 0 Å². The van der Waals surface area contributed by atoms with Crippen LogP contribution in [-0.2, 0) is 4.79 Å². The lowest BCUT2D eigenvalue weighted by atomic mass is 10.2. The average molecular weight is 178 g/mol. The zero-order valence-electron chi connectivity index (χ0n) is 6.72. The third-order valence-electron chi connectivity index (χ3n) is 1.19. The van der Waals surface area contributed by atoms with Crippen molar-refractivity contribution in [2.75, 3.05) is 12.5 Å². The number of ketones is 1. The van der Waals surface area contributed by atoms with Crippen LogP contribution in [0.1, 0.15) is 19.8 Å². The van der Waals surface area contributed by atoms with Crippen molar-refractivity contribution in [1.29, 1.82) is 0 Å². The second-order valence-electron chi connectivity index (χ2n) is 2.02. The number of carbonyl (C=O) groups is 1. The fourth-order valence-electron chi connectivity index (χ4n) is 0.723. The van der Waals surface area contributed by atoms with Crippen LogP contribution in [0.3, 0.4) is 0 Å². The van der Waals surface area contributed by atoms with E-state index in [1.807, 2.05) is 19.4 Å². The van der Waals surface area contributed by atoms with Gasteiger partial charge in [0, 0.05) is 6.42 Å². The lowest BCUT2D eigenvalue weighted by Crippen LogP contribution is -2.11. The highest BCUT2D eigenvalue weighted by molar-refractivity contribution is 8.17. The SMILES string of the molecule is CCCC(=O)C(SC)SC. The zero-order chi connectivity index (χ0) is 7.98. The fraction of sp³-hybridized carbons (Fsp3) is 0.857. The van der Waals surface area contributed by atoms with E-state index in [9.17, 15) is 4.79 Å². The number of thioether (sulfide) groups is 2. The summed E-state index contributed by atoms with van der Waals surface area (Å²) in [6.07, 6.45) is 5.66. The van der Waals surface area contributed by atoms with Crippen molar-refractivity contribution in [2.24, 2.45) is 0 Å².